The summed E-state index contributed by atoms with van der Waals surface area (Å²) in [4.78, 5) is 23.8. The number of ether oxygens (including phenoxy) is 1. The highest BCUT2D eigenvalue weighted by Gasteiger charge is 2.76. The highest BCUT2D eigenvalue weighted by Crippen LogP contribution is 2.67. The third-order valence-electron chi connectivity index (χ3n) is 4.08. The molecule has 1 amide bonds. The van der Waals surface area contributed by atoms with Crippen molar-refractivity contribution in [2.75, 3.05) is 13.7 Å². The smallest absolute Gasteiger partial charge is 0.322 e. The number of benzene rings is 1. The average molecular weight is 263 g/mol. The molecule has 19 heavy (non-hydrogen) atoms. The number of hydrogen-bond acceptors (Lipinski definition) is 4. The second-order valence-corrected chi connectivity index (χ2v) is 4.86. The van der Waals surface area contributed by atoms with Crippen molar-refractivity contribution in [3.8, 4) is 0 Å². The largest absolute Gasteiger partial charge is 0.468 e. The van der Waals surface area contributed by atoms with Crippen molar-refractivity contribution in [2.24, 2.45) is 11.1 Å². The summed E-state index contributed by atoms with van der Waals surface area (Å²) in [5, 5.41) is 9.27. The summed E-state index contributed by atoms with van der Waals surface area (Å²) in [6.45, 7) is -0.124. The van der Waals surface area contributed by atoms with Gasteiger partial charge in [-0.3, -0.25) is 9.59 Å². The van der Waals surface area contributed by atoms with Crippen LogP contribution in [0.3, 0.4) is 0 Å². The molecule has 0 radical (unpaired) electrons. The van der Waals surface area contributed by atoms with Gasteiger partial charge in [-0.05, 0) is 18.4 Å². The van der Waals surface area contributed by atoms with E-state index < -0.39 is 22.7 Å². The Labute approximate surface area is 111 Å². The number of methoxy groups -OCH3 is 1. The molecule has 2 rings (SSSR count). The Bertz CT molecular complexity index is 501. The highest BCUT2D eigenvalue weighted by molar-refractivity contribution is 6.08. The van der Waals surface area contributed by atoms with Crippen molar-refractivity contribution in [3.05, 3.63) is 35.9 Å². The number of nitrogens with two attached hydrogens (primary N) is 1. The summed E-state index contributed by atoms with van der Waals surface area (Å²) in [5.74, 6) is -1.33. The number of amides is 1. The van der Waals surface area contributed by atoms with Crippen molar-refractivity contribution in [1.82, 2.24) is 0 Å². The van der Waals surface area contributed by atoms with Crippen molar-refractivity contribution >= 4 is 11.9 Å². The van der Waals surface area contributed by atoms with Crippen molar-refractivity contribution in [1.29, 1.82) is 0 Å². The van der Waals surface area contributed by atoms with E-state index in [1.165, 1.54) is 7.11 Å². The summed E-state index contributed by atoms with van der Waals surface area (Å²) in [6.07, 6.45) is 0.585. The Morgan fingerprint density at radius 1 is 1.37 bits per heavy atom. The predicted octanol–water partition coefficient (Wildman–Crippen LogP) is 0.355. The minimum Gasteiger partial charge on any atom is -0.468 e. The first-order valence-electron chi connectivity index (χ1n) is 6.10. The number of hydrogen-bond donors (Lipinski definition) is 2. The number of carbonyl (C=O) groups excluding carboxylic acids is 2. The second-order valence-electron chi connectivity index (χ2n) is 4.86. The maximum Gasteiger partial charge on any atom is 0.322 e. The normalized spacial score (nSPS) is 28.7. The summed E-state index contributed by atoms with van der Waals surface area (Å²) in [5.41, 5.74) is 4.15. The number of esters is 1. The molecule has 1 aromatic carbocycles. The van der Waals surface area contributed by atoms with Gasteiger partial charge in [0.15, 0.2) is 5.41 Å². The Hall–Kier alpha value is -1.88. The molecule has 1 saturated carbocycles. The molecular weight excluding hydrogens is 246 g/mol. The molecule has 0 unspecified atom stereocenters. The van der Waals surface area contributed by atoms with Gasteiger partial charge in [0.1, 0.15) is 0 Å². The number of carbonyl (C=O) groups is 2. The molecular formula is C14H17NO4. The molecule has 2 atom stereocenters. The lowest BCUT2D eigenvalue weighted by Crippen LogP contribution is -2.40. The highest BCUT2D eigenvalue weighted by atomic mass is 16.5. The summed E-state index contributed by atoms with van der Waals surface area (Å²) >= 11 is 0. The summed E-state index contributed by atoms with van der Waals surface area (Å²) in [7, 11) is 1.24. The number of aliphatic hydroxyl groups excluding tert-OH is 1. The van der Waals surface area contributed by atoms with E-state index in [1.54, 1.807) is 0 Å². The van der Waals surface area contributed by atoms with E-state index in [4.69, 9.17) is 10.5 Å². The van der Waals surface area contributed by atoms with Crippen LogP contribution in [0.15, 0.2) is 30.3 Å². The molecule has 0 aromatic heterocycles. The molecule has 0 spiro atoms. The Morgan fingerprint density at radius 2 is 2.00 bits per heavy atom. The number of aliphatic hydroxyl groups is 1. The van der Waals surface area contributed by atoms with Gasteiger partial charge in [-0.2, -0.15) is 0 Å². The van der Waals surface area contributed by atoms with Crippen molar-refractivity contribution in [3.63, 3.8) is 0 Å². The molecule has 1 aliphatic carbocycles. The van der Waals surface area contributed by atoms with Gasteiger partial charge in [0, 0.05) is 12.0 Å². The molecule has 3 N–H and O–H groups in total. The first-order chi connectivity index (χ1) is 9.05. The zero-order valence-electron chi connectivity index (χ0n) is 10.8. The topological polar surface area (TPSA) is 89.6 Å². The molecule has 5 nitrogen and oxygen atoms in total. The fourth-order valence-electron chi connectivity index (χ4n) is 3.02. The first kappa shape index (κ1) is 13.5. The van der Waals surface area contributed by atoms with Crippen LogP contribution in [0.4, 0.5) is 0 Å². The molecule has 1 aliphatic rings. The molecule has 102 valence electrons. The van der Waals surface area contributed by atoms with E-state index in [0.29, 0.717) is 6.42 Å². The van der Waals surface area contributed by atoms with Gasteiger partial charge in [0.25, 0.3) is 0 Å². The van der Waals surface area contributed by atoms with Gasteiger partial charge in [0.2, 0.25) is 5.91 Å². The van der Waals surface area contributed by atoms with E-state index in [1.807, 2.05) is 30.3 Å². The molecule has 0 bridgehead atoms. The van der Waals surface area contributed by atoms with Crippen LogP contribution in [0.25, 0.3) is 0 Å². The minimum atomic E-state index is -1.36. The zero-order valence-corrected chi connectivity index (χ0v) is 10.8. The summed E-state index contributed by atoms with van der Waals surface area (Å²) in [6, 6.07) is 9.18. The minimum absolute atomic E-state index is 0.124. The Morgan fingerprint density at radius 3 is 2.47 bits per heavy atom. The van der Waals surface area contributed by atoms with E-state index in [0.717, 1.165) is 5.56 Å². The van der Waals surface area contributed by atoms with Crippen LogP contribution in [0.1, 0.15) is 18.4 Å². The van der Waals surface area contributed by atoms with E-state index in [9.17, 15) is 14.7 Å². The van der Waals surface area contributed by atoms with Gasteiger partial charge in [-0.1, -0.05) is 30.3 Å². The Balaban J connectivity index is 2.50. The van der Waals surface area contributed by atoms with Crippen LogP contribution in [-0.2, 0) is 19.7 Å². The van der Waals surface area contributed by atoms with Gasteiger partial charge >= 0.3 is 5.97 Å². The maximum atomic E-state index is 12.0. The standard InChI is InChI=1S/C14H17NO4/c1-19-12(18)14(11(15)17)9-13(14,7-8-16)10-5-3-2-4-6-10/h2-6,16H,7-9H2,1H3,(H2,15,17)/t13-,14-/m1/s1. The molecule has 1 fully saturated rings. The number of primary amides is 1. The maximum absolute atomic E-state index is 12.0. The SMILES string of the molecule is COC(=O)[C@]1(C(N)=O)C[C@]1(CCO)c1ccccc1. The predicted molar refractivity (Wildman–Crippen MR) is 68.1 cm³/mol. The van der Waals surface area contributed by atoms with Gasteiger partial charge in [-0.25, -0.2) is 0 Å². The van der Waals surface area contributed by atoms with E-state index in [-0.39, 0.29) is 13.0 Å². The molecule has 0 heterocycles. The van der Waals surface area contributed by atoms with Gasteiger partial charge in [0.05, 0.1) is 7.11 Å². The monoisotopic (exact) mass is 263 g/mol. The molecule has 1 aromatic rings. The van der Waals surface area contributed by atoms with Crippen LogP contribution < -0.4 is 5.73 Å². The zero-order chi connectivity index (χ0) is 14.1. The second kappa shape index (κ2) is 4.66. The van der Waals surface area contributed by atoms with Crippen LogP contribution in [0.2, 0.25) is 0 Å². The first-order valence-corrected chi connectivity index (χ1v) is 6.10. The van der Waals surface area contributed by atoms with E-state index in [2.05, 4.69) is 0 Å². The van der Waals surface area contributed by atoms with Gasteiger partial charge < -0.3 is 15.6 Å². The third-order valence-corrected chi connectivity index (χ3v) is 4.08. The Kier molecular flexibility index (Phi) is 3.32. The molecule has 0 aliphatic heterocycles. The van der Waals surface area contributed by atoms with E-state index >= 15 is 0 Å². The average Bonchev–Trinajstić information content (AvgIpc) is 3.11. The lowest BCUT2D eigenvalue weighted by Gasteiger charge is -2.21. The van der Waals surface area contributed by atoms with Crippen LogP contribution in [0.5, 0.6) is 0 Å². The van der Waals surface area contributed by atoms with Crippen LogP contribution in [0, 0.1) is 5.41 Å². The van der Waals surface area contributed by atoms with Crippen molar-refractivity contribution in [2.45, 2.75) is 18.3 Å². The quantitative estimate of drug-likeness (QED) is 0.592. The van der Waals surface area contributed by atoms with Crippen LogP contribution in [-0.4, -0.2) is 30.7 Å². The van der Waals surface area contributed by atoms with Crippen molar-refractivity contribution < 1.29 is 19.4 Å². The van der Waals surface area contributed by atoms with Gasteiger partial charge in [-0.15, -0.1) is 0 Å². The summed E-state index contributed by atoms with van der Waals surface area (Å²) < 4.78 is 4.74. The number of rotatable bonds is 5. The third kappa shape index (κ3) is 1.73. The molecule has 5 heteroatoms. The lowest BCUT2D eigenvalue weighted by molar-refractivity contribution is -0.152. The van der Waals surface area contributed by atoms with Crippen LogP contribution >= 0.6 is 0 Å². The fraction of sp³-hybridized carbons (Fsp3) is 0.429. The lowest BCUT2D eigenvalue weighted by atomic mass is 9.83. The fourth-order valence-corrected chi connectivity index (χ4v) is 3.02. The molecule has 0 saturated heterocycles.